The van der Waals surface area contributed by atoms with Crippen molar-refractivity contribution in [2.45, 2.75) is 58.4 Å². The first-order chi connectivity index (χ1) is 13.5. The summed E-state index contributed by atoms with van der Waals surface area (Å²) < 4.78 is 5.59. The molecule has 1 atom stereocenters. The van der Waals surface area contributed by atoms with Crippen molar-refractivity contribution in [1.82, 2.24) is 4.90 Å². The Morgan fingerprint density at radius 3 is 1.86 bits per heavy atom. The zero-order valence-electron chi connectivity index (χ0n) is 18.6. The summed E-state index contributed by atoms with van der Waals surface area (Å²) >= 11 is 0. The number of phenols is 2. The van der Waals surface area contributed by atoms with Crippen LogP contribution in [0, 0.1) is 0 Å². The molecule has 2 aromatic carbocycles. The van der Waals surface area contributed by atoms with Gasteiger partial charge in [0.25, 0.3) is 0 Å². The summed E-state index contributed by atoms with van der Waals surface area (Å²) in [4.78, 5) is 2.41. The monoisotopic (exact) mass is 397 g/mol. The maximum Gasteiger partial charge on any atom is 0.123 e. The second-order valence-corrected chi connectivity index (χ2v) is 10.1. The van der Waals surface area contributed by atoms with Gasteiger partial charge < -0.3 is 14.9 Å². The number of hydrogen-bond acceptors (Lipinski definition) is 4. The zero-order chi connectivity index (χ0) is 21.4. The predicted octanol–water partition coefficient (Wildman–Crippen LogP) is 5.11. The maximum absolute atomic E-state index is 11.1. The third-order valence-electron chi connectivity index (χ3n) is 5.66. The minimum atomic E-state index is -0.186. The Balaban J connectivity index is 2.24. The predicted molar refractivity (Wildman–Crippen MR) is 118 cm³/mol. The van der Waals surface area contributed by atoms with Crippen molar-refractivity contribution < 1.29 is 14.9 Å². The quantitative estimate of drug-likeness (QED) is 0.755. The maximum atomic E-state index is 11.1. The van der Waals surface area contributed by atoms with Crippen LogP contribution >= 0.6 is 0 Å². The molecule has 0 radical (unpaired) electrons. The van der Waals surface area contributed by atoms with Gasteiger partial charge in [-0.1, -0.05) is 53.7 Å². The molecule has 0 amide bonds. The van der Waals surface area contributed by atoms with Crippen LogP contribution in [0.3, 0.4) is 0 Å². The Kier molecular flexibility index (Phi) is 5.98. The Bertz CT molecular complexity index is 820. The van der Waals surface area contributed by atoms with E-state index in [2.05, 4.69) is 64.6 Å². The normalized spacial score (nSPS) is 17.3. The second-order valence-electron chi connectivity index (χ2n) is 10.1. The van der Waals surface area contributed by atoms with Crippen LogP contribution in [0.5, 0.6) is 11.5 Å². The average Bonchev–Trinajstić information content (AvgIpc) is 2.62. The highest BCUT2D eigenvalue weighted by Crippen LogP contribution is 2.43. The largest absolute Gasteiger partial charge is 0.508 e. The first kappa shape index (κ1) is 21.7. The molecule has 1 aliphatic heterocycles. The van der Waals surface area contributed by atoms with E-state index >= 15 is 0 Å². The van der Waals surface area contributed by atoms with Crippen LogP contribution in [0.4, 0.5) is 0 Å². The van der Waals surface area contributed by atoms with Gasteiger partial charge in [0.2, 0.25) is 0 Å². The van der Waals surface area contributed by atoms with Crippen LogP contribution in [-0.4, -0.2) is 41.4 Å². The van der Waals surface area contributed by atoms with Gasteiger partial charge >= 0.3 is 0 Å². The molecule has 1 fully saturated rings. The molecule has 0 bridgehead atoms. The lowest BCUT2D eigenvalue weighted by Crippen LogP contribution is -2.39. The van der Waals surface area contributed by atoms with E-state index in [0.717, 1.165) is 35.3 Å². The summed E-state index contributed by atoms with van der Waals surface area (Å²) in [5.74, 6) is 0.664. The van der Waals surface area contributed by atoms with E-state index in [1.54, 1.807) is 6.07 Å². The van der Waals surface area contributed by atoms with Gasteiger partial charge in [-0.2, -0.15) is 0 Å². The summed E-state index contributed by atoms with van der Waals surface area (Å²) in [6, 6.07) is 11.8. The van der Waals surface area contributed by atoms with Gasteiger partial charge in [0.1, 0.15) is 11.5 Å². The Hall–Kier alpha value is -2.04. The third-order valence-corrected chi connectivity index (χ3v) is 5.66. The van der Waals surface area contributed by atoms with Crippen LogP contribution in [0.25, 0.3) is 0 Å². The third kappa shape index (κ3) is 4.76. The number of morpholine rings is 1. The van der Waals surface area contributed by atoms with E-state index in [4.69, 9.17) is 4.74 Å². The van der Waals surface area contributed by atoms with Crippen molar-refractivity contribution in [2.24, 2.45) is 0 Å². The molecule has 0 aromatic heterocycles. The minimum Gasteiger partial charge on any atom is -0.508 e. The first-order valence-electron chi connectivity index (χ1n) is 10.5. The van der Waals surface area contributed by atoms with Crippen molar-refractivity contribution in [3.05, 3.63) is 58.7 Å². The van der Waals surface area contributed by atoms with Crippen molar-refractivity contribution in [1.29, 1.82) is 0 Å². The summed E-state index contributed by atoms with van der Waals surface area (Å²) in [6.45, 7) is 15.9. The van der Waals surface area contributed by atoms with Crippen molar-refractivity contribution in [3.63, 3.8) is 0 Å². The number of aromatic hydroxyl groups is 2. The van der Waals surface area contributed by atoms with Crippen molar-refractivity contribution >= 4 is 0 Å². The molecule has 2 aromatic rings. The molecular formula is C25H35NO3. The van der Waals surface area contributed by atoms with Crippen molar-refractivity contribution in [2.75, 3.05) is 26.3 Å². The molecule has 0 aliphatic carbocycles. The highest BCUT2D eigenvalue weighted by Gasteiger charge is 2.31. The molecule has 158 valence electrons. The van der Waals surface area contributed by atoms with Gasteiger partial charge in [-0.25, -0.2) is 0 Å². The van der Waals surface area contributed by atoms with Gasteiger partial charge in [0.05, 0.1) is 19.3 Å². The highest BCUT2D eigenvalue weighted by atomic mass is 16.5. The van der Waals surface area contributed by atoms with E-state index in [-0.39, 0.29) is 22.6 Å². The van der Waals surface area contributed by atoms with Crippen LogP contribution in [-0.2, 0) is 15.6 Å². The summed E-state index contributed by atoms with van der Waals surface area (Å²) in [5, 5.41) is 21.3. The van der Waals surface area contributed by atoms with E-state index in [0.29, 0.717) is 19.0 Å². The fourth-order valence-electron chi connectivity index (χ4n) is 4.10. The van der Waals surface area contributed by atoms with Crippen LogP contribution in [0.1, 0.15) is 69.8 Å². The number of phenolic OH excluding ortho intramolecular Hbond substituents is 2. The number of benzene rings is 2. The number of nitrogens with zero attached hydrogens (tertiary/aromatic N) is 1. The highest BCUT2D eigenvalue weighted by molar-refractivity contribution is 5.52. The van der Waals surface area contributed by atoms with E-state index in [1.807, 2.05) is 12.1 Å². The standard InChI is InChI=1S/C25H35NO3/c1-24(2,3)20-15-18(16-21(23(20)28)25(4,5)6)22(26-10-12-29-13-11-26)17-8-7-9-19(27)14-17/h7-9,14-16,22,27-28H,10-13H2,1-6H3. The first-order valence-corrected chi connectivity index (χ1v) is 10.5. The molecule has 1 saturated heterocycles. The lowest BCUT2D eigenvalue weighted by atomic mass is 9.77. The van der Waals surface area contributed by atoms with E-state index in [9.17, 15) is 10.2 Å². The van der Waals surface area contributed by atoms with Crippen molar-refractivity contribution in [3.8, 4) is 11.5 Å². The lowest BCUT2D eigenvalue weighted by molar-refractivity contribution is 0.0239. The van der Waals surface area contributed by atoms with Crippen LogP contribution in [0.2, 0.25) is 0 Å². The van der Waals surface area contributed by atoms with Crippen LogP contribution < -0.4 is 0 Å². The fraction of sp³-hybridized carbons (Fsp3) is 0.520. The van der Waals surface area contributed by atoms with Gasteiger partial charge in [0, 0.05) is 13.1 Å². The molecule has 4 nitrogen and oxygen atoms in total. The second kappa shape index (κ2) is 8.00. The summed E-state index contributed by atoms with van der Waals surface area (Å²) in [7, 11) is 0. The average molecular weight is 398 g/mol. The van der Waals surface area contributed by atoms with Gasteiger partial charge in [-0.3, -0.25) is 4.90 Å². The lowest BCUT2D eigenvalue weighted by Gasteiger charge is -2.37. The molecule has 1 unspecified atom stereocenters. The molecular weight excluding hydrogens is 362 g/mol. The van der Waals surface area contributed by atoms with Crippen LogP contribution in [0.15, 0.2) is 36.4 Å². The Morgan fingerprint density at radius 1 is 0.828 bits per heavy atom. The zero-order valence-corrected chi connectivity index (χ0v) is 18.6. The smallest absolute Gasteiger partial charge is 0.123 e. The topological polar surface area (TPSA) is 52.9 Å². The fourth-order valence-corrected chi connectivity index (χ4v) is 4.10. The van der Waals surface area contributed by atoms with E-state index < -0.39 is 0 Å². The molecule has 4 heteroatoms. The molecule has 0 saturated carbocycles. The SMILES string of the molecule is CC(C)(C)c1cc(C(c2cccc(O)c2)N2CCOCC2)cc(C(C)(C)C)c1O. The minimum absolute atomic E-state index is 0.00574. The Morgan fingerprint density at radius 2 is 1.38 bits per heavy atom. The van der Waals surface area contributed by atoms with Gasteiger partial charge in [0.15, 0.2) is 0 Å². The molecule has 3 rings (SSSR count). The van der Waals surface area contributed by atoms with Gasteiger partial charge in [-0.05, 0) is 57.3 Å². The summed E-state index contributed by atoms with van der Waals surface area (Å²) in [6.07, 6.45) is 0. The van der Waals surface area contributed by atoms with Gasteiger partial charge in [-0.15, -0.1) is 0 Å². The van der Waals surface area contributed by atoms with E-state index in [1.165, 1.54) is 0 Å². The number of ether oxygens (including phenoxy) is 1. The number of hydrogen-bond donors (Lipinski definition) is 2. The molecule has 2 N–H and O–H groups in total. The Labute approximate surface area is 175 Å². The summed E-state index contributed by atoms with van der Waals surface area (Å²) in [5.41, 5.74) is 3.74. The molecule has 0 spiro atoms. The number of rotatable bonds is 3. The molecule has 1 aliphatic rings. The molecule has 29 heavy (non-hydrogen) atoms. The molecule has 1 heterocycles.